The summed E-state index contributed by atoms with van der Waals surface area (Å²) in [5.74, 6) is -0.543. The van der Waals surface area contributed by atoms with Crippen LogP contribution < -0.4 is 0 Å². The summed E-state index contributed by atoms with van der Waals surface area (Å²) >= 11 is 0. The second kappa shape index (κ2) is 4.50. The standard InChI is InChI=1S/C10H12O3/c1-2-7-13-10(12)8-3-5-9(11)6-4-8/h3-6,11H,2,7H2,1H3/i3D. The molecular weight excluding hydrogens is 168 g/mol. The maximum atomic E-state index is 11.3. The molecule has 0 aromatic heterocycles. The summed E-state index contributed by atoms with van der Waals surface area (Å²) in [5, 5.41) is 9.02. The van der Waals surface area contributed by atoms with Gasteiger partial charge >= 0.3 is 5.97 Å². The highest BCUT2D eigenvalue weighted by molar-refractivity contribution is 5.89. The van der Waals surface area contributed by atoms with Crippen molar-refractivity contribution in [3.05, 3.63) is 29.8 Å². The van der Waals surface area contributed by atoms with Gasteiger partial charge in [-0.2, -0.15) is 0 Å². The zero-order valence-electron chi connectivity index (χ0n) is 8.41. The first-order valence-electron chi connectivity index (χ1n) is 4.62. The van der Waals surface area contributed by atoms with Crippen molar-refractivity contribution in [1.82, 2.24) is 0 Å². The van der Waals surface area contributed by atoms with Crippen LogP contribution in [-0.2, 0) is 4.74 Å². The molecule has 0 unspecified atom stereocenters. The largest absolute Gasteiger partial charge is 0.508 e. The summed E-state index contributed by atoms with van der Waals surface area (Å²) in [6.07, 6.45) is 0.747. The van der Waals surface area contributed by atoms with Crippen LogP contribution in [0.1, 0.15) is 25.1 Å². The van der Waals surface area contributed by atoms with Gasteiger partial charge in [-0.1, -0.05) is 6.92 Å². The van der Waals surface area contributed by atoms with Gasteiger partial charge in [-0.25, -0.2) is 4.79 Å². The van der Waals surface area contributed by atoms with Crippen LogP contribution in [0.15, 0.2) is 24.2 Å². The summed E-state index contributed by atoms with van der Waals surface area (Å²) < 4.78 is 12.3. The molecule has 3 nitrogen and oxygen atoms in total. The minimum atomic E-state index is -0.517. The van der Waals surface area contributed by atoms with Crippen molar-refractivity contribution in [1.29, 1.82) is 0 Å². The average molecular weight is 181 g/mol. The van der Waals surface area contributed by atoms with Crippen LogP contribution in [0.5, 0.6) is 5.75 Å². The second-order valence-electron chi connectivity index (χ2n) is 2.60. The summed E-state index contributed by atoms with van der Waals surface area (Å²) in [6.45, 7) is 2.24. The number of hydrogen-bond acceptors (Lipinski definition) is 3. The highest BCUT2D eigenvalue weighted by Crippen LogP contribution is 2.10. The van der Waals surface area contributed by atoms with E-state index in [0.29, 0.717) is 6.61 Å². The molecule has 70 valence electrons. The molecule has 3 heteroatoms. The number of phenolic OH excluding ortho intramolecular Hbond substituents is 1. The van der Waals surface area contributed by atoms with E-state index in [9.17, 15) is 4.79 Å². The third kappa shape index (κ3) is 2.78. The second-order valence-corrected chi connectivity index (χ2v) is 2.60. The van der Waals surface area contributed by atoms with Gasteiger partial charge in [-0.3, -0.25) is 0 Å². The number of phenols is 1. The smallest absolute Gasteiger partial charge is 0.338 e. The number of esters is 1. The number of ether oxygens (including phenoxy) is 1. The molecule has 1 aromatic carbocycles. The lowest BCUT2D eigenvalue weighted by Crippen LogP contribution is -2.05. The van der Waals surface area contributed by atoms with Crippen molar-refractivity contribution in [2.45, 2.75) is 13.3 Å². The normalized spacial score (nSPS) is 10.7. The lowest BCUT2D eigenvalue weighted by molar-refractivity contribution is 0.0505. The number of carbonyl (C=O) groups is 1. The number of rotatable bonds is 3. The van der Waals surface area contributed by atoms with Gasteiger partial charge in [0.05, 0.1) is 13.5 Å². The van der Waals surface area contributed by atoms with Crippen molar-refractivity contribution in [3.63, 3.8) is 0 Å². The first-order valence-corrected chi connectivity index (χ1v) is 4.12. The minimum absolute atomic E-state index is 0.0221. The van der Waals surface area contributed by atoms with E-state index in [2.05, 4.69) is 0 Å². The molecule has 0 bridgehead atoms. The Labute approximate surface area is 78.4 Å². The maximum Gasteiger partial charge on any atom is 0.338 e. The molecular formula is C10H12O3. The Morgan fingerprint density at radius 2 is 2.38 bits per heavy atom. The fraction of sp³-hybridized carbons (Fsp3) is 0.300. The van der Waals surface area contributed by atoms with Crippen LogP contribution in [0.25, 0.3) is 0 Å². The van der Waals surface area contributed by atoms with E-state index < -0.39 is 5.97 Å². The van der Waals surface area contributed by atoms with E-state index in [4.69, 9.17) is 11.2 Å². The van der Waals surface area contributed by atoms with E-state index in [0.717, 1.165) is 6.42 Å². The molecule has 0 saturated heterocycles. The summed E-state index contributed by atoms with van der Waals surface area (Å²) in [5.41, 5.74) is 0.177. The Bertz CT molecular complexity index is 336. The first kappa shape index (κ1) is 8.10. The molecule has 0 aliphatic carbocycles. The Balaban J connectivity index is 2.80. The quantitative estimate of drug-likeness (QED) is 0.725. The van der Waals surface area contributed by atoms with Crippen LogP contribution in [0.4, 0.5) is 0 Å². The zero-order chi connectivity index (χ0) is 10.6. The maximum absolute atomic E-state index is 11.3. The van der Waals surface area contributed by atoms with Crippen LogP contribution >= 0.6 is 0 Å². The van der Waals surface area contributed by atoms with Gasteiger partial charge in [-0.05, 0) is 30.7 Å². The Morgan fingerprint density at radius 3 is 3.00 bits per heavy atom. The van der Waals surface area contributed by atoms with E-state index in [-0.39, 0.29) is 17.4 Å². The van der Waals surface area contributed by atoms with Crippen LogP contribution in [-0.4, -0.2) is 17.7 Å². The molecule has 0 saturated carbocycles. The predicted octanol–water partition coefficient (Wildman–Crippen LogP) is 1.96. The Kier molecular flexibility index (Phi) is 2.81. The molecule has 0 spiro atoms. The van der Waals surface area contributed by atoms with E-state index in [1.807, 2.05) is 6.92 Å². The fourth-order valence-electron chi connectivity index (χ4n) is 0.816. The molecule has 0 fully saturated rings. The predicted molar refractivity (Wildman–Crippen MR) is 48.7 cm³/mol. The molecule has 13 heavy (non-hydrogen) atoms. The fourth-order valence-corrected chi connectivity index (χ4v) is 0.816. The molecule has 0 aliphatic heterocycles. The van der Waals surface area contributed by atoms with E-state index in [1.54, 1.807) is 0 Å². The molecule has 0 heterocycles. The monoisotopic (exact) mass is 181 g/mol. The molecule has 1 aromatic rings. The van der Waals surface area contributed by atoms with Crippen LogP contribution in [0.2, 0.25) is 0 Å². The summed E-state index contributed by atoms with van der Waals surface area (Å²) in [4.78, 5) is 11.3. The Morgan fingerprint density at radius 1 is 1.62 bits per heavy atom. The summed E-state index contributed by atoms with van der Waals surface area (Å²) in [6, 6.07) is 3.93. The van der Waals surface area contributed by atoms with Crippen molar-refractivity contribution < 1.29 is 16.0 Å². The van der Waals surface area contributed by atoms with Gasteiger partial charge in [0.25, 0.3) is 0 Å². The number of hydrogen-bond donors (Lipinski definition) is 1. The van der Waals surface area contributed by atoms with Crippen LogP contribution in [0.3, 0.4) is 0 Å². The third-order valence-corrected chi connectivity index (χ3v) is 1.45. The van der Waals surface area contributed by atoms with Crippen LogP contribution in [0, 0.1) is 0 Å². The van der Waals surface area contributed by atoms with Gasteiger partial charge < -0.3 is 9.84 Å². The lowest BCUT2D eigenvalue weighted by Gasteiger charge is -2.02. The summed E-state index contributed by atoms with van der Waals surface area (Å²) in [7, 11) is 0. The average Bonchev–Trinajstić information content (AvgIpc) is 2.14. The topological polar surface area (TPSA) is 46.5 Å². The van der Waals surface area contributed by atoms with Gasteiger partial charge in [0.15, 0.2) is 0 Å². The van der Waals surface area contributed by atoms with E-state index in [1.165, 1.54) is 18.2 Å². The van der Waals surface area contributed by atoms with Crippen molar-refractivity contribution >= 4 is 5.97 Å². The molecule has 1 N–H and O–H groups in total. The Hall–Kier alpha value is -1.51. The highest BCUT2D eigenvalue weighted by Gasteiger charge is 2.05. The lowest BCUT2D eigenvalue weighted by atomic mass is 10.2. The molecule has 0 atom stereocenters. The number of benzene rings is 1. The third-order valence-electron chi connectivity index (χ3n) is 1.45. The van der Waals surface area contributed by atoms with Gasteiger partial charge in [-0.15, -0.1) is 0 Å². The molecule has 0 aliphatic rings. The number of carbonyl (C=O) groups excluding carboxylic acids is 1. The molecule has 1 rings (SSSR count). The SMILES string of the molecule is [2H]c1cc(O)ccc1C(=O)OCCC. The van der Waals surface area contributed by atoms with Crippen molar-refractivity contribution in [3.8, 4) is 5.75 Å². The minimum Gasteiger partial charge on any atom is -0.508 e. The van der Waals surface area contributed by atoms with E-state index >= 15 is 0 Å². The first-order chi connectivity index (χ1) is 6.65. The number of aromatic hydroxyl groups is 1. The molecule has 0 amide bonds. The van der Waals surface area contributed by atoms with Crippen molar-refractivity contribution in [2.24, 2.45) is 0 Å². The zero-order valence-corrected chi connectivity index (χ0v) is 7.41. The molecule has 0 radical (unpaired) electrons. The van der Waals surface area contributed by atoms with Crippen molar-refractivity contribution in [2.75, 3.05) is 6.61 Å². The van der Waals surface area contributed by atoms with Gasteiger partial charge in [0.1, 0.15) is 5.75 Å². The van der Waals surface area contributed by atoms with Gasteiger partial charge in [0.2, 0.25) is 0 Å². The van der Waals surface area contributed by atoms with Gasteiger partial charge in [0, 0.05) is 0 Å². The highest BCUT2D eigenvalue weighted by atomic mass is 16.5.